The summed E-state index contributed by atoms with van der Waals surface area (Å²) in [6.07, 6.45) is 5.58. The Morgan fingerprint density at radius 3 is 2.51 bits per heavy atom. The highest BCUT2D eigenvalue weighted by Gasteiger charge is 2.34. The molecule has 15 nitrogen and oxygen atoms in total. The van der Waals surface area contributed by atoms with Gasteiger partial charge >= 0.3 is 12.0 Å². The highest BCUT2D eigenvalue weighted by Crippen LogP contribution is 2.39. The van der Waals surface area contributed by atoms with Crippen LogP contribution in [0.5, 0.6) is 11.8 Å². The van der Waals surface area contributed by atoms with E-state index < -0.39 is 17.7 Å². The molecule has 0 aliphatic carbocycles. The zero-order chi connectivity index (χ0) is 43.2. The molecule has 7 heterocycles. The number of pyridine rings is 1. The topological polar surface area (TPSA) is 146 Å². The van der Waals surface area contributed by atoms with Gasteiger partial charge in [-0.2, -0.15) is 9.97 Å². The fourth-order valence-corrected chi connectivity index (χ4v) is 10.0. The van der Waals surface area contributed by atoms with Gasteiger partial charge < -0.3 is 24.5 Å². The monoisotopic (exact) mass is 861 g/mol. The lowest BCUT2D eigenvalue weighted by Crippen LogP contribution is -2.54. The Labute approximate surface area is 364 Å². The number of amides is 3. The van der Waals surface area contributed by atoms with Crippen molar-refractivity contribution in [2.75, 3.05) is 100.0 Å². The maximum atomic E-state index is 17.0. The summed E-state index contributed by atoms with van der Waals surface area (Å²) in [5.41, 5.74) is 6.32. The third-order valence-electron chi connectivity index (χ3n) is 13.4. The second kappa shape index (κ2) is 17.4. The Bertz CT molecular complexity index is 2540. The van der Waals surface area contributed by atoms with Gasteiger partial charge in [0.25, 0.3) is 0 Å². The number of nitrogens with one attached hydrogen (secondary N) is 2. The van der Waals surface area contributed by atoms with E-state index >= 15 is 8.78 Å². The van der Waals surface area contributed by atoms with Gasteiger partial charge in [-0.25, -0.2) is 24.0 Å². The van der Waals surface area contributed by atoms with E-state index in [2.05, 4.69) is 52.2 Å². The van der Waals surface area contributed by atoms with Crippen molar-refractivity contribution in [2.24, 2.45) is 5.92 Å². The maximum Gasteiger partial charge on any atom is 0.328 e. The van der Waals surface area contributed by atoms with E-state index in [0.717, 1.165) is 100 Å². The number of hydrogen-bond acceptors (Lipinski definition) is 13. The van der Waals surface area contributed by atoms with Crippen LogP contribution in [0.3, 0.4) is 0 Å². The third-order valence-corrected chi connectivity index (χ3v) is 13.4. The van der Waals surface area contributed by atoms with Crippen LogP contribution < -0.4 is 30.2 Å². The molecular formula is C46H53F2N11O4. The molecule has 5 aromatic rings. The number of phenols is 1. The largest absolute Gasteiger partial charge is 0.508 e. The number of halogens is 2. The Hall–Kier alpha value is -5.75. The summed E-state index contributed by atoms with van der Waals surface area (Å²) in [5.74, 6) is -0.212. The second-order valence-corrected chi connectivity index (χ2v) is 17.4. The van der Waals surface area contributed by atoms with Crippen LogP contribution in [0.4, 0.5) is 30.8 Å². The van der Waals surface area contributed by atoms with Crippen molar-refractivity contribution in [3.8, 4) is 23.0 Å². The van der Waals surface area contributed by atoms with Gasteiger partial charge in [0.15, 0.2) is 5.82 Å². The lowest BCUT2D eigenvalue weighted by Gasteiger charge is -2.39. The fourth-order valence-electron chi connectivity index (χ4n) is 10.0. The molecule has 0 saturated carbocycles. The molecule has 2 unspecified atom stereocenters. The number of carbonyl (C=O) groups excluding carboxylic acids is 2. The predicted molar refractivity (Wildman–Crippen MR) is 237 cm³/mol. The minimum Gasteiger partial charge on any atom is -0.508 e. The number of fused-ring (bicyclic) bond motifs is 4. The first-order chi connectivity index (χ1) is 30.7. The molecule has 3 amide bonds. The Balaban J connectivity index is 0.770. The summed E-state index contributed by atoms with van der Waals surface area (Å²) in [5, 5.41) is 17.3. The summed E-state index contributed by atoms with van der Waals surface area (Å²) in [6.45, 7) is 11.9. The van der Waals surface area contributed by atoms with Crippen LogP contribution in [0.25, 0.3) is 32.9 Å². The van der Waals surface area contributed by atoms with Gasteiger partial charge in [0.1, 0.15) is 35.2 Å². The van der Waals surface area contributed by atoms with Crippen molar-refractivity contribution in [1.82, 2.24) is 40.5 Å². The number of ether oxygens (including phenoxy) is 1. The number of rotatable bonds is 11. The molecule has 2 atom stereocenters. The summed E-state index contributed by atoms with van der Waals surface area (Å²) in [7, 11) is 0. The van der Waals surface area contributed by atoms with Gasteiger partial charge in [0, 0.05) is 102 Å². The number of nitrogens with zero attached hydrogens (tertiary/aromatic N) is 9. The lowest BCUT2D eigenvalue weighted by atomic mass is 9.95. The van der Waals surface area contributed by atoms with E-state index in [1.807, 2.05) is 24.3 Å². The Kier molecular flexibility index (Phi) is 11.4. The van der Waals surface area contributed by atoms with E-state index in [1.165, 1.54) is 11.0 Å². The number of hydrazine groups is 1. The van der Waals surface area contributed by atoms with Gasteiger partial charge in [-0.3, -0.25) is 24.9 Å². The van der Waals surface area contributed by atoms with E-state index in [1.54, 1.807) is 24.4 Å². The average molecular weight is 862 g/mol. The number of aryl methyl sites for hydroxylation is 1. The molecular weight excluding hydrogens is 809 g/mol. The number of phenolic OH excluding ortho intramolecular Hbond substituents is 1. The quantitative estimate of drug-likeness (QED) is 0.162. The standard InChI is InChI=1S/C46H53F2N11O4/c1-2-30-4-3-5-31-22-34(60)24-35(40(30)31)42-41(48)43-36(25-49-42)44(57-27-32-10-14-58(28-57)53-32)52-45(51-43)63-21-20-54-16-18-55(19-17-54)26-29-8-12-56(13-9-29)33-6-7-38(37(47)23-33)59-15-11-39(61)50-46(59)62/h3-7,22-25,29,32,53,60H,2,8-21,26-28H2,1H3,(H,50,61,62). The van der Waals surface area contributed by atoms with Crippen molar-refractivity contribution in [3.05, 3.63) is 71.9 Å². The molecule has 63 heavy (non-hydrogen) atoms. The van der Waals surface area contributed by atoms with Crippen LogP contribution in [0, 0.1) is 17.6 Å². The first-order valence-electron chi connectivity index (χ1n) is 22.3. The zero-order valence-electron chi connectivity index (χ0n) is 35.5. The van der Waals surface area contributed by atoms with Crippen molar-refractivity contribution in [3.63, 3.8) is 0 Å². The average Bonchev–Trinajstić information content (AvgIpc) is 3.63. The fraction of sp³-hybridized carbons (Fsp3) is 0.457. The number of hydrogen-bond donors (Lipinski definition) is 3. The Morgan fingerprint density at radius 1 is 0.905 bits per heavy atom. The normalized spacial score (nSPS) is 21.5. The summed E-state index contributed by atoms with van der Waals surface area (Å²) < 4.78 is 38.4. The summed E-state index contributed by atoms with van der Waals surface area (Å²) in [4.78, 5) is 48.6. The molecule has 3 N–H and O–H groups in total. The molecule has 17 heteroatoms. The van der Waals surface area contributed by atoms with Crippen LogP contribution in [0.2, 0.25) is 0 Å². The number of anilines is 3. The molecule has 2 aromatic heterocycles. The van der Waals surface area contributed by atoms with E-state index in [9.17, 15) is 14.7 Å². The SMILES string of the molecule is CCc1cccc2cc(O)cc(-c3ncc4c(N5CC6CCN(C5)N6)nc(OCCN5CCN(CC6CCN(c7ccc(N8CCC(=O)NC8=O)c(F)c7)CC6)CC5)nc4c3F)c12. The molecule has 5 aliphatic heterocycles. The minimum absolute atomic E-state index is 0.0400. The predicted octanol–water partition coefficient (Wildman–Crippen LogP) is 5.11. The van der Waals surface area contributed by atoms with Gasteiger partial charge in [-0.15, -0.1) is 0 Å². The maximum absolute atomic E-state index is 17.0. The zero-order valence-corrected chi connectivity index (χ0v) is 35.5. The lowest BCUT2D eigenvalue weighted by molar-refractivity contribution is -0.120. The number of aromatic hydroxyl groups is 1. The first kappa shape index (κ1) is 41.3. The van der Waals surface area contributed by atoms with Crippen LogP contribution in [0.15, 0.2) is 54.7 Å². The Morgan fingerprint density at radius 2 is 1.73 bits per heavy atom. The number of piperidine rings is 1. The van der Waals surface area contributed by atoms with Gasteiger partial charge in [0.2, 0.25) is 5.91 Å². The number of benzene rings is 3. The van der Waals surface area contributed by atoms with Gasteiger partial charge in [0.05, 0.1) is 17.7 Å². The van der Waals surface area contributed by atoms with Crippen LogP contribution >= 0.6 is 0 Å². The van der Waals surface area contributed by atoms with Crippen LogP contribution in [-0.2, 0) is 11.2 Å². The van der Waals surface area contributed by atoms with Gasteiger partial charge in [-0.05, 0) is 78.3 Å². The van der Waals surface area contributed by atoms with Crippen LogP contribution in [0.1, 0.15) is 38.2 Å². The molecule has 5 saturated heterocycles. The minimum atomic E-state index is -0.592. The number of imide groups is 1. The van der Waals surface area contributed by atoms with Crippen molar-refractivity contribution in [1.29, 1.82) is 0 Å². The van der Waals surface area contributed by atoms with Crippen molar-refractivity contribution in [2.45, 2.75) is 45.1 Å². The van der Waals surface area contributed by atoms with E-state index in [0.29, 0.717) is 49.1 Å². The van der Waals surface area contributed by atoms with E-state index in [-0.39, 0.29) is 53.6 Å². The number of carbonyl (C=O) groups is 2. The van der Waals surface area contributed by atoms with Crippen molar-refractivity contribution >= 4 is 50.8 Å². The summed E-state index contributed by atoms with van der Waals surface area (Å²) >= 11 is 0. The van der Waals surface area contributed by atoms with Gasteiger partial charge in [-0.1, -0.05) is 25.1 Å². The van der Waals surface area contributed by atoms with Crippen LogP contribution in [-0.4, -0.2) is 138 Å². The summed E-state index contributed by atoms with van der Waals surface area (Å²) in [6, 6.07) is 14.0. The molecule has 5 aliphatic rings. The number of urea groups is 1. The molecule has 0 radical (unpaired) electrons. The van der Waals surface area contributed by atoms with E-state index in [4.69, 9.17) is 9.72 Å². The molecule has 5 fully saturated rings. The molecule has 2 bridgehead atoms. The highest BCUT2D eigenvalue weighted by atomic mass is 19.1. The first-order valence-corrected chi connectivity index (χ1v) is 22.3. The smallest absolute Gasteiger partial charge is 0.328 e. The number of aromatic nitrogens is 3. The second-order valence-electron chi connectivity index (χ2n) is 17.4. The highest BCUT2D eigenvalue weighted by molar-refractivity contribution is 6.06. The number of piperazine rings is 1. The molecule has 0 spiro atoms. The third kappa shape index (κ3) is 8.42. The molecule has 330 valence electrons. The molecule has 3 aromatic carbocycles. The van der Waals surface area contributed by atoms with Crippen molar-refractivity contribution < 1.29 is 28.2 Å². The molecule has 10 rings (SSSR count).